The summed E-state index contributed by atoms with van der Waals surface area (Å²) in [5.74, 6) is -1.30. The van der Waals surface area contributed by atoms with Crippen LogP contribution in [-0.2, 0) is 37.4 Å². The first-order valence-electron chi connectivity index (χ1n) is 23.8. The van der Waals surface area contributed by atoms with Gasteiger partial charge >= 0.3 is 6.18 Å². The summed E-state index contributed by atoms with van der Waals surface area (Å²) in [7, 11) is 0. The molecule has 8 rings (SSSR count). The fraction of sp³-hybridized carbons (Fsp3) is 0.540. The molecule has 0 unspecified atom stereocenters. The Labute approximate surface area is 410 Å². The molecule has 0 radical (unpaired) electrons. The van der Waals surface area contributed by atoms with Gasteiger partial charge in [0.05, 0.1) is 47.1 Å². The number of hydrogen-bond donors (Lipinski definition) is 4. The number of anilines is 1. The van der Waals surface area contributed by atoms with Crippen LogP contribution in [0.15, 0.2) is 60.4 Å². The zero-order valence-electron chi connectivity index (χ0n) is 40.4. The van der Waals surface area contributed by atoms with E-state index < -0.39 is 58.4 Å². The first-order chi connectivity index (χ1) is 33.1. The van der Waals surface area contributed by atoms with Crippen LogP contribution in [0.4, 0.5) is 24.5 Å². The Morgan fingerprint density at radius 1 is 0.943 bits per heavy atom. The van der Waals surface area contributed by atoms with Crippen molar-refractivity contribution in [2.45, 2.75) is 115 Å². The van der Waals surface area contributed by atoms with Crippen LogP contribution in [0.25, 0.3) is 15.3 Å². The molecule has 4 fully saturated rings. The molecule has 4 saturated heterocycles. The lowest BCUT2D eigenvalue weighted by molar-refractivity contribution is -0.144. The second-order valence-corrected chi connectivity index (χ2v) is 21.6. The summed E-state index contributed by atoms with van der Waals surface area (Å²) in [6.07, 6.45) is -0.0335. The highest BCUT2D eigenvalue weighted by Gasteiger charge is 2.46. The SMILES string of the molecule is [C-]#[N+]c1ccc(NC(=O)C(C)(C)n2cc(C3CCN(C4CN(C5CN(CC(=O)N[C@H](C(=O)N6C[C@H](O)C[C@H]6C(=O)NCc6ccc(-c7scnc7C)cc6)C(C)(C)C)C5)C4)CC3)cn2)cc1C(F)(F)F. The molecule has 2 aromatic heterocycles. The van der Waals surface area contributed by atoms with Gasteiger partial charge in [-0.3, -0.25) is 38.6 Å². The van der Waals surface area contributed by atoms with Crippen LogP contribution in [0.2, 0.25) is 0 Å². The summed E-state index contributed by atoms with van der Waals surface area (Å²) in [6, 6.07) is 10.0. The van der Waals surface area contributed by atoms with E-state index in [1.807, 2.05) is 63.7 Å². The molecule has 4 aromatic rings. The average molecular weight is 986 g/mol. The van der Waals surface area contributed by atoms with Gasteiger partial charge in [-0.2, -0.15) is 18.3 Å². The van der Waals surface area contributed by atoms with Crippen LogP contribution in [0.5, 0.6) is 0 Å². The van der Waals surface area contributed by atoms with E-state index in [-0.39, 0.29) is 49.5 Å². The van der Waals surface area contributed by atoms with Crippen LogP contribution < -0.4 is 16.0 Å². The van der Waals surface area contributed by atoms with Gasteiger partial charge in [0, 0.05) is 69.7 Å². The molecule has 3 atom stereocenters. The predicted molar refractivity (Wildman–Crippen MR) is 259 cm³/mol. The largest absolute Gasteiger partial charge is 0.407 e. The van der Waals surface area contributed by atoms with E-state index in [0.717, 1.165) is 91.5 Å². The van der Waals surface area contributed by atoms with Crippen LogP contribution in [0.1, 0.15) is 82.2 Å². The molecule has 6 heterocycles. The highest BCUT2D eigenvalue weighted by Crippen LogP contribution is 2.39. The van der Waals surface area contributed by atoms with Gasteiger partial charge in [-0.1, -0.05) is 51.1 Å². The maximum Gasteiger partial charge on any atom is 0.407 e. The molecule has 0 aliphatic carbocycles. The van der Waals surface area contributed by atoms with Crippen molar-refractivity contribution >= 4 is 46.3 Å². The molecule has 16 nitrogen and oxygen atoms in total. The van der Waals surface area contributed by atoms with Gasteiger partial charge in [0.1, 0.15) is 17.6 Å². The number of benzene rings is 2. The third kappa shape index (κ3) is 11.1. The van der Waals surface area contributed by atoms with Gasteiger partial charge in [0.25, 0.3) is 5.91 Å². The molecule has 4 N–H and O–H groups in total. The molecule has 4 amide bonds. The number of nitrogens with one attached hydrogen (secondary N) is 3. The molecule has 70 heavy (non-hydrogen) atoms. The van der Waals surface area contributed by atoms with E-state index in [4.69, 9.17) is 6.57 Å². The summed E-state index contributed by atoms with van der Waals surface area (Å²) in [6.45, 7) is 23.6. The smallest absolute Gasteiger partial charge is 0.391 e. The molecular weight excluding hydrogens is 924 g/mol. The Morgan fingerprint density at radius 3 is 2.26 bits per heavy atom. The minimum atomic E-state index is -4.74. The van der Waals surface area contributed by atoms with E-state index >= 15 is 0 Å². The highest BCUT2D eigenvalue weighted by atomic mass is 32.1. The number of aromatic nitrogens is 3. The zero-order valence-corrected chi connectivity index (χ0v) is 41.2. The summed E-state index contributed by atoms with van der Waals surface area (Å²) in [5, 5.41) is 23.6. The van der Waals surface area contributed by atoms with Crippen molar-refractivity contribution in [3.05, 3.63) is 94.2 Å². The van der Waals surface area contributed by atoms with Gasteiger partial charge in [-0.25, -0.2) is 9.83 Å². The number of rotatable bonds is 14. The highest BCUT2D eigenvalue weighted by molar-refractivity contribution is 7.13. The number of aliphatic hydroxyl groups is 1. The Morgan fingerprint density at radius 2 is 1.63 bits per heavy atom. The fourth-order valence-corrected chi connectivity index (χ4v) is 10.7. The zero-order chi connectivity index (χ0) is 50.3. The van der Waals surface area contributed by atoms with Crippen LogP contribution >= 0.6 is 11.3 Å². The number of β-amino-alcohol motifs (C(OH)–C–C–N with tert-alkyl or cyclic N) is 1. The fourth-order valence-electron chi connectivity index (χ4n) is 9.89. The van der Waals surface area contributed by atoms with Crippen LogP contribution in [0, 0.1) is 18.9 Å². The number of likely N-dealkylation sites (tertiary alicyclic amines) is 4. The first-order valence-corrected chi connectivity index (χ1v) is 24.7. The number of thiazole rings is 1. The number of piperidine rings is 1. The lowest BCUT2D eigenvalue weighted by atomic mass is 9.85. The van der Waals surface area contributed by atoms with Crippen molar-refractivity contribution in [2.24, 2.45) is 5.41 Å². The van der Waals surface area contributed by atoms with Crippen molar-refractivity contribution < 1.29 is 37.5 Å². The summed E-state index contributed by atoms with van der Waals surface area (Å²) >= 11 is 1.57. The molecule has 0 spiro atoms. The number of hydrogen-bond acceptors (Lipinski definition) is 11. The maximum atomic E-state index is 14.1. The maximum absolute atomic E-state index is 14.1. The average Bonchev–Trinajstić information content (AvgIpc) is 4.06. The lowest BCUT2D eigenvalue weighted by Crippen LogP contribution is -2.70. The van der Waals surface area contributed by atoms with E-state index in [1.54, 1.807) is 36.1 Å². The number of nitrogens with zero attached hydrogens (tertiary/aromatic N) is 8. The van der Waals surface area contributed by atoms with Crippen LogP contribution in [0.3, 0.4) is 0 Å². The van der Waals surface area contributed by atoms with Gasteiger partial charge in [-0.15, -0.1) is 11.3 Å². The van der Waals surface area contributed by atoms with Crippen molar-refractivity contribution in [1.29, 1.82) is 0 Å². The standard InChI is InChI=1S/C50H62F3N11O5S/c1-30-43(70-29-56-30)33-10-8-31(9-11-33)20-55-45(67)41-19-38(65)27-63(41)46(68)44(48(2,3)4)59-42(66)28-60-23-36(24-60)62-25-37(26-62)61-16-14-32(15-17-61)34-21-57-64(22-34)49(5,6)47(69)58-35-12-13-40(54-7)39(18-35)50(51,52)53/h8-13,18,21-22,29,32,36-38,41,44,65H,14-17,19-20,23-28H2,1-6H3,(H,55,67)(H,58,69)(H,59,66)/t38-,41+,44-/m1/s1. The van der Waals surface area contributed by atoms with E-state index in [2.05, 4.69) is 45.6 Å². The minimum absolute atomic E-state index is 0.00430. The molecule has 2 aromatic carbocycles. The molecule has 20 heteroatoms. The monoisotopic (exact) mass is 985 g/mol. The van der Waals surface area contributed by atoms with E-state index in [9.17, 15) is 37.5 Å². The molecule has 374 valence electrons. The summed E-state index contributed by atoms with van der Waals surface area (Å²) in [5.41, 5.74) is 2.17. The number of amides is 4. The molecular formula is C50H62F3N11O5S. The van der Waals surface area contributed by atoms with E-state index in [0.29, 0.717) is 12.1 Å². The quantitative estimate of drug-likeness (QED) is 0.116. The molecule has 0 bridgehead atoms. The van der Waals surface area contributed by atoms with Gasteiger partial charge in [-0.05, 0) is 86.9 Å². The van der Waals surface area contributed by atoms with E-state index in [1.165, 1.54) is 11.0 Å². The lowest BCUT2D eigenvalue weighted by Gasteiger charge is -2.55. The summed E-state index contributed by atoms with van der Waals surface area (Å²) in [4.78, 5) is 71.3. The van der Waals surface area contributed by atoms with Crippen LogP contribution in [-0.4, -0.2) is 146 Å². The molecule has 4 aliphatic rings. The third-order valence-corrected chi connectivity index (χ3v) is 15.3. The molecule has 0 saturated carbocycles. The number of alkyl halides is 3. The number of carbonyl (C=O) groups excluding carboxylic acids is 4. The number of aliphatic hydroxyl groups excluding tert-OH is 1. The summed E-state index contributed by atoms with van der Waals surface area (Å²) < 4.78 is 42.1. The van der Waals surface area contributed by atoms with Gasteiger partial charge in [0.2, 0.25) is 17.7 Å². The second-order valence-electron chi connectivity index (χ2n) is 20.8. The van der Waals surface area contributed by atoms with Crippen molar-refractivity contribution in [3.63, 3.8) is 0 Å². The van der Waals surface area contributed by atoms with Gasteiger partial charge in [0.15, 0.2) is 5.69 Å². The first kappa shape index (κ1) is 50.7. The Kier molecular flexibility index (Phi) is 14.6. The Balaban J connectivity index is 0.755. The van der Waals surface area contributed by atoms with Crippen molar-refractivity contribution in [2.75, 3.05) is 57.7 Å². The Hall–Kier alpha value is -5.72. The third-order valence-electron chi connectivity index (χ3n) is 14.4. The number of halogens is 3. The minimum Gasteiger partial charge on any atom is -0.391 e. The molecule has 4 aliphatic heterocycles. The number of aryl methyl sites for hydroxylation is 1. The number of carbonyl (C=O) groups is 4. The van der Waals surface area contributed by atoms with Crippen molar-refractivity contribution in [1.82, 2.24) is 45.0 Å². The van der Waals surface area contributed by atoms with Crippen molar-refractivity contribution in [3.8, 4) is 10.4 Å². The van der Waals surface area contributed by atoms with Gasteiger partial charge < -0.3 is 26.0 Å². The second kappa shape index (κ2) is 20.2. The Bertz CT molecular complexity index is 2600. The topological polar surface area (TPSA) is 173 Å². The predicted octanol–water partition coefficient (Wildman–Crippen LogP) is 5.62. The normalized spacial score (nSPS) is 20.6.